The Kier molecular flexibility index (Phi) is 6.15. The number of aliphatic carboxylic acids is 1. The number of ether oxygens (including phenoxy) is 1. The van der Waals surface area contributed by atoms with E-state index in [0.29, 0.717) is 44.0 Å². The van der Waals surface area contributed by atoms with Gasteiger partial charge >= 0.3 is 5.97 Å². The van der Waals surface area contributed by atoms with Crippen LogP contribution in [0.5, 0.6) is 0 Å². The van der Waals surface area contributed by atoms with Crippen molar-refractivity contribution in [3.05, 3.63) is 41.8 Å². The largest absolute Gasteiger partial charge is 0.480 e. The van der Waals surface area contributed by atoms with Crippen molar-refractivity contribution >= 4 is 5.97 Å². The molecule has 1 fully saturated rings. The maximum atomic E-state index is 13.4. The third-order valence-corrected chi connectivity index (χ3v) is 4.25. The monoisotopic (exact) mass is 381 g/mol. The number of rotatable bonds is 7. The van der Waals surface area contributed by atoms with Crippen LogP contribution in [0.1, 0.15) is 5.69 Å². The van der Waals surface area contributed by atoms with Crippen LogP contribution < -0.4 is 0 Å². The maximum Gasteiger partial charge on any atom is 0.317 e. The number of carboxylic acid groups (broad SMARTS) is 1. The summed E-state index contributed by atoms with van der Waals surface area (Å²) in [6.45, 7) is 2.89. The molecular weight excluding hydrogens is 360 g/mol. The topological polar surface area (TPSA) is 79.0 Å². The van der Waals surface area contributed by atoms with E-state index in [4.69, 9.17) is 14.3 Å². The molecule has 9 heteroatoms. The molecule has 2 heterocycles. The first kappa shape index (κ1) is 19.4. The Labute approximate surface area is 155 Å². The first-order chi connectivity index (χ1) is 12.9. The van der Waals surface area contributed by atoms with Gasteiger partial charge in [0.2, 0.25) is 5.89 Å². The molecular formula is C18H21F2N3O4. The summed E-state index contributed by atoms with van der Waals surface area (Å²) >= 11 is 0. The molecule has 1 atom stereocenters. The molecule has 1 aromatic heterocycles. The van der Waals surface area contributed by atoms with E-state index in [0.717, 1.165) is 12.1 Å². The van der Waals surface area contributed by atoms with E-state index in [1.807, 2.05) is 0 Å². The average Bonchev–Trinajstić information content (AvgIpc) is 3.05. The van der Waals surface area contributed by atoms with E-state index < -0.39 is 17.6 Å². The van der Waals surface area contributed by atoms with Crippen LogP contribution in [0.3, 0.4) is 0 Å². The van der Waals surface area contributed by atoms with E-state index in [2.05, 4.69) is 9.88 Å². The standard InChI is InChI=1S/C18H21F2N3O4/c1-22(10-17(24)25)8-14-9-23(4-5-26-14)7-13-11-27-18(21-13)12-2-3-15(19)16(20)6-12/h2-3,6,11,14H,4-5,7-10H2,1H3,(H,24,25). The summed E-state index contributed by atoms with van der Waals surface area (Å²) in [6, 6.07) is 3.50. The zero-order chi connectivity index (χ0) is 19.4. The minimum absolute atomic E-state index is 0.0409. The van der Waals surface area contributed by atoms with Crippen LogP contribution in [0.2, 0.25) is 0 Å². The summed E-state index contributed by atoms with van der Waals surface area (Å²) in [5.74, 6) is -2.51. The van der Waals surface area contributed by atoms with Gasteiger partial charge in [0.25, 0.3) is 0 Å². The molecule has 1 aliphatic heterocycles. The van der Waals surface area contributed by atoms with Crippen LogP contribution in [0.4, 0.5) is 8.78 Å². The Morgan fingerprint density at radius 3 is 2.96 bits per heavy atom. The third-order valence-electron chi connectivity index (χ3n) is 4.25. The molecule has 7 nitrogen and oxygen atoms in total. The number of morpholine rings is 1. The molecule has 0 aliphatic carbocycles. The lowest BCUT2D eigenvalue weighted by atomic mass is 10.2. The molecule has 2 aromatic rings. The van der Waals surface area contributed by atoms with Crippen molar-refractivity contribution < 1.29 is 27.8 Å². The van der Waals surface area contributed by atoms with Crippen LogP contribution in [-0.4, -0.2) is 71.8 Å². The van der Waals surface area contributed by atoms with Crippen LogP contribution in [0.15, 0.2) is 28.9 Å². The fourth-order valence-electron chi connectivity index (χ4n) is 3.05. The van der Waals surface area contributed by atoms with Gasteiger partial charge < -0.3 is 14.3 Å². The SMILES string of the molecule is CN(CC(=O)O)CC1CN(Cc2coc(-c3ccc(F)c(F)c3)n2)CCO1. The van der Waals surface area contributed by atoms with Crippen molar-refractivity contribution in [2.24, 2.45) is 0 Å². The molecule has 1 saturated heterocycles. The molecule has 3 rings (SSSR count). The number of halogens is 2. The van der Waals surface area contributed by atoms with Crippen LogP contribution in [0, 0.1) is 11.6 Å². The zero-order valence-electron chi connectivity index (χ0n) is 14.9. The number of carbonyl (C=O) groups is 1. The van der Waals surface area contributed by atoms with Crippen molar-refractivity contribution in [1.82, 2.24) is 14.8 Å². The Bertz CT molecular complexity index is 799. The first-order valence-electron chi connectivity index (χ1n) is 8.55. The lowest BCUT2D eigenvalue weighted by molar-refractivity contribution is -0.138. The highest BCUT2D eigenvalue weighted by Crippen LogP contribution is 2.22. The van der Waals surface area contributed by atoms with Crippen LogP contribution in [-0.2, 0) is 16.1 Å². The van der Waals surface area contributed by atoms with E-state index >= 15 is 0 Å². The zero-order valence-corrected chi connectivity index (χ0v) is 14.9. The summed E-state index contributed by atoms with van der Waals surface area (Å²) in [7, 11) is 1.74. The van der Waals surface area contributed by atoms with Gasteiger partial charge in [-0.3, -0.25) is 14.6 Å². The number of aromatic nitrogens is 1. The van der Waals surface area contributed by atoms with E-state index in [-0.39, 0.29) is 18.5 Å². The van der Waals surface area contributed by atoms with Crippen molar-refractivity contribution in [3.8, 4) is 11.5 Å². The van der Waals surface area contributed by atoms with E-state index in [1.54, 1.807) is 11.9 Å². The second kappa shape index (κ2) is 8.55. The van der Waals surface area contributed by atoms with Gasteiger partial charge in [-0.1, -0.05) is 0 Å². The second-order valence-electron chi connectivity index (χ2n) is 6.59. The van der Waals surface area contributed by atoms with E-state index in [9.17, 15) is 13.6 Å². The highest BCUT2D eigenvalue weighted by molar-refractivity contribution is 5.69. The first-order valence-corrected chi connectivity index (χ1v) is 8.55. The number of hydrogen-bond acceptors (Lipinski definition) is 6. The summed E-state index contributed by atoms with van der Waals surface area (Å²) in [4.78, 5) is 18.9. The molecule has 0 bridgehead atoms. The summed E-state index contributed by atoms with van der Waals surface area (Å²) in [6.07, 6.45) is 1.40. The molecule has 0 saturated carbocycles. The molecule has 1 aromatic carbocycles. The highest BCUT2D eigenvalue weighted by Gasteiger charge is 2.23. The minimum Gasteiger partial charge on any atom is -0.480 e. The number of hydrogen-bond donors (Lipinski definition) is 1. The third kappa shape index (κ3) is 5.31. The number of nitrogens with zero attached hydrogens (tertiary/aromatic N) is 3. The molecule has 146 valence electrons. The Morgan fingerprint density at radius 2 is 2.22 bits per heavy atom. The Balaban J connectivity index is 1.58. The predicted molar refractivity (Wildman–Crippen MR) is 92.0 cm³/mol. The minimum atomic E-state index is -0.950. The predicted octanol–water partition coefficient (Wildman–Crippen LogP) is 1.84. The fourth-order valence-corrected chi connectivity index (χ4v) is 3.05. The van der Waals surface area contributed by atoms with Gasteiger partial charge in [0, 0.05) is 31.7 Å². The summed E-state index contributed by atoms with van der Waals surface area (Å²) in [5, 5.41) is 8.83. The van der Waals surface area contributed by atoms with Crippen LogP contribution in [0.25, 0.3) is 11.5 Å². The lowest BCUT2D eigenvalue weighted by Gasteiger charge is -2.34. The Hall–Kier alpha value is -2.36. The molecule has 1 unspecified atom stereocenters. The van der Waals surface area contributed by atoms with Crippen molar-refractivity contribution in [2.45, 2.75) is 12.6 Å². The summed E-state index contributed by atoms with van der Waals surface area (Å²) in [5.41, 5.74) is 1.05. The number of likely N-dealkylation sites (N-methyl/N-ethyl adjacent to an activating group) is 1. The molecule has 1 N–H and O–H groups in total. The number of carboxylic acids is 1. The second-order valence-corrected chi connectivity index (χ2v) is 6.59. The normalized spacial score (nSPS) is 18.1. The maximum absolute atomic E-state index is 13.4. The van der Waals surface area contributed by atoms with Crippen molar-refractivity contribution in [1.29, 1.82) is 0 Å². The quantitative estimate of drug-likeness (QED) is 0.784. The molecule has 0 radical (unpaired) electrons. The van der Waals surface area contributed by atoms with Gasteiger partial charge in [0.1, 0.15) is 6.26 Å². The molecule has 1 aliphatic rings. The molecule has 0 spiro atoms. The van der Waals surface area contributed by atoms with Gasteiger partial charge in [-0.05, 0) is 25.2 Å². The van der Waals surface area contributed by atoms with Gasteiger partial charge in [0.15, 0.2) is 11.6 Å². The van der Waals surface area contributed by atoms with Crippen LogP contribution >= 0.6 is 0 Å². The summed E-state index contributed by atoms with van der Waals surface area (Å²) < 4.78 is 37.5. The van der Waals surface area contributed by atoms with Gasteiger partial charge in [-0.25, -0.2) is 13.8 Å². The average molecular weight is 381 g/mol. The number of oxazole rings is 1. The van der Waals surface area contributed by atoms with Crippen molar-refractivity contribution in [2.75, 3.05) is 39.8 Å². The van der Waals surface area contributed by atoms with Gasteiger partial charge in [-0.15, -0.1) is 0 Å². The highest BCUT2D eigenvalue weighted by atomic mass is 19.2. The van der Waals surface area contributed by atoms with Gasteiger partial charge in [-0.2, -0.15) is 0 Å². The molecule has 27 heavy (non-hydrogen) atoms. The lowest BCUT2D eigenvalue weighted by Crippen LogP contribution is -2.47. The van der Waals surface area contributed by atoms with Crippen molar-refractivity contribution in [3.63, 3.8) is 0 Å². The fraction of sp³-hybridized carbons (Fsp3) is 0.444. The van der Waals surface area contributed by atoms with E-state index in [1.165, 1.54) is 12.3 Å². The molecule has 0 amide bonds. The Morgan fingerprint density at radius 1 is 1.41 bits per heavy atom. The van der Waals surface area contributed by atoms with Gasteiger partial charge in [0.05, 0.1) is 24.9 Å². The smallest absolute Gasteiger partial charge is 0.317 e. The number of benzene rings is 1.